The van der Waals surface area contributed by atoms with Gasteiger partial charge in [-0.15, -0.1) is 0 Å². The molecule has 0 aromatic carbocycles. The number of hydrogen-bond acceptors (Lipinski definition) is 3. The molecule has 17 heavy (non-hydrogen) atoms. The van der Waals surface area contributed by atoms with E-state index in [1.165, 1.54) is 0 Å². The van der Waals surface area contributed by atoms with E-state index >= 15 is 0 Å². The highest BCUT2D eigenvalue weighted by Crippen LogP contribution is 2.14. The molecule has 2 aromatic heterocycles. The number of carbonyl (C=O) groups excluding carboxylic acids is 1. The van der Waals surface area contributed by atoms with E-state index < -0.39 is 0 Å². The summed E-state index contributed by atoms with van der Waals surface area (Å²) < 4.78 is 0. The number of nitrogens with one attached hydrogen (secondary N) is 3. The molecule has 1 atom stereocenters. The van der Waals surface area contributed by atoms with Gasteiger partial charge in [0.25, 0.3) is 5.91 Å². The summed E-state index contributed by atoms with van der Waals surface area (Å²) in [6, 6.07) is 3.96. The molecule has 0 spiro atoms. The fourth-order valence-electron chi connectivity index (χ4n) is 1.59. The summed E-state index contributed by atoms with van der Waals surface area (Å²) in [4.78, 5) is 19.1. The van der Waals surface area contributed by atoms with Crippen LogP contribution in [0.15, 0.2) is 24.5 Å². The smallest absolute Gasteiger partial charge is 0.253 e. The molecule has 2 aromatic rings. The summed E-state index contributed by atoms with van der Waals surface area (Å²) in [7, 11) is 1.87. The minimum absolute atomic E-state index is 0.0775. The van der Waals surface area contributed by atoms with Gasteiger partial charge in [-0.05, 0) is 26.1 Å². The summed E-state index contributed by atoms with van der Waals surface area (Å²) in [6.07, 6.45) is 3.39. The molecule has 1 unspecified atom stereocenters. The number of aromatic nitrogens is 2. The van der Waals surface area contributed by atoms with Crippen LogP contribution in [0.5, 0.6) is 0 Å². The first kappa shape index (κ1) is 11.6. The summed E-state index contributed by atoms with van der Waals surface area (Å²) in [6.45, 7) is 2.61. The number of hydrogen-bond donors (Lipinski definition) is 3. The van der Waals surface area contributed by atoms with E-state index in [1.807, 2.05) is 26.1 Å². The Morgan fingerprint density at radius 2 is 2.41 bits per heavy atom. The maximum atomic E-state index is 12.0. The maximum Gasteiger partial charge on any atom is 0.253 e. The molecule has 0 bridgehead atoms. The van der Waals surface area contributed by atoms with E-state index in [0.717, 1.165) is 11.0 Å². The first-order valence-corrected chi connectivity index (χ1v) is 5.60. The molecule has 90 valence electrons. The highest BCUT2D eigenvalue weighted by atomic mass is 16.1. The second-order valence-corrected chi connectivity index (χ2v) is 4.00. The van der Waals surface area contributed by atoms with E-state index in [2.05, 4.69) is 20.6 Å². The van der Waals surface area contributed by atoms with Gasteiger partial charge in [0.15, 0.2) is 0 Å². The zero-order valence-corrected chi connectivity index (χ0v) is 9.95. The lowest BCUT2D eigenvalue weighted by Gasteiger charge is -2.10. The van der Waals surface area contributed by atoms with Crippen molar-refractivity contribution in [3.63, 3.8) is 0 Å². The molecule has 2 heterocycles. The molecule has 0 aliphatic heterocycles. The number of rotatable bonds is 4. The fraction of sp³-hybridized carbons (Fsp3) is 0.333. The van der Waals surface area contributed by atoms with Crippen LogP contribution < -0.4 is 10.6 Å². The zero-order chi connectivity index (χ0) is 12.3. The number of nitrogens with zero attached hydrogens (tertiary/aromatic N) is 1. The molecule has 0 radical (unpaired) electrons. The third kappa shape index (κ3) is 2.45. The second-order valence-electron chi connectivity index (χ2n) is 4.00. The Bertz CT molecular complexity index is 520. The number of H-pyrrole nitrogens is 1. The van der Waals surface area contributed by atoms with Crippen molar-refractivity contribution in [2.75, 3.05) is 13.6 Å². The average Bonchev–Trinajstić information content (AvgIpc) is 2.79. The van der Waals surface area contributed by atoms with E-state index in [4.69, 9.17) is 0 Å². The van der Waals surface area contributed by atoms with E-state index in [-0.39, 0.29) is 11.9 Å². The average molecular weight is 232 g/mol. The lowest BCUT2D eigenvalue weighted by molar-refractivity contribution is 0.0952. The summed E-state index contributed by atoms with van der Waals surface area (Å²) in [5, 5.41) is 6.80. The SMILES string of the molecule is CNC(C)CNC(=O)c1c[nH]c2ncccc12. The van der Waals surface area contributed by atoms with Crippen LogP contribution in [0.3, 0.4) is 0 Å². The van der Waals surface area contributed by atoms with Gasteiger partial charge in [0.1, 0.15) is 5.65 Å². The van der Waals surface area contributed by atoms with Crippen molar-refractivity contribution in [2.45, 2.75) is 13.0 Å². The minimum Gasteiger partial charge on any atom is -0.350 e. The van der Waals surface area contributed by atoms with E-state index in [0.29, 0.717) is 12.1 Å². The van der Waals surface area contributed by atoms with Gasteiger partial charge in [-0.1, -0.05) is 0 Å². The number of likely N-dealkylation sites (N-methyl/N-ethyl adjacent to an activating group) is 1. The monoisotopic (exact) mass is 232 g/mol. The number of pyridine rings is 1. The quantitative estimate of drug-likeness (QED) is 0.733. The summed E-state index contributed by atoms with van der Waals surface area (Å²) in [5.74, 6) is -0.0775. The predicted octanol–water partition coefficient (Wildman–Crippen LogP) is 0.901. The minimum atomic E-state index is -0.0775. The Morgan fingerprint density at radius 3 is 3.18 bits per heavy atom. The molecule has 5 heteroatoms. The maximum absolute atomic E-state index is 12.0. The molecule has 5 nitrogen and oxygen atoms in total. The Labute approximate surface area is 99.6 Å². The van der Waals surface area contributed by atoms with Crippen LogP contribution in [-0.2, 0) is 0 Å². The van der Waals surface area contributed by atoms with Crippen LogP contribution in [-0.4, -0.2) is 35.5 Å². The van der Waals surface area contributed by atoms with Crippen molar-refractivity contribution in [3.8, 4) is 0 Å². The van der Waals surface area contributed by atoms with Gasteiger partial charge < -0.3 is 15.6 Å². The molecule has 2 rings (SSSR count). The molecule has 0 fully saturated rings. The number of aromatic amines is 1. The van der Waals surface area contributed by atoms with Crippen molar-refractivity contribution in [1.82, 2.24) is 20.6 Å². The highest BCUT2D eigenvalue weighted by Gasteiger charge is 2.12. The van der Waals surface area contributed by atoms with E-state index in [9.17, 15) is 4.79 Å². The third-order valence-corrected chi connectivity index (χ3v) is 2.76. The normalized spacial score (nSPS) is 12.6. The van der Waals surface area contributed by atoms with Gasteiger partial charge in [0, 0.05) is 30.4 Å². The molecule has 1 amide bonds. The molecule has 0 saturated heterocycles. The number of fused-ring (bicyclic) bond motifs is 1. The molecule has 0 aliphatic carbocycles. The van der Waals surface area contributed by atoms with Gasteiger partial charge in [0.2, 0.25) is 0 Å². The van der Waals surface area contributed by atoms with Crippen LogP contribution >= 0.6 is 0 Å². The van der Waals surface area contributed by atoms with Crippen LogP contribution in [0.25, 0.3) is 11.0 Å². The Kier molecular flexibility index (Phi) is 3.39. The Balaban J connectivity index is 2.14. The van der Waals surface area contributed by atoms with Crippen molar-refractivity contribution in [3.05, 3.63) is 30.1 Å². The second kappa shape index (κ2) is 4.97. The van der Waals surface area contributed by atoms with E-state index in [1.54, 1.807) is 12.4 Å². The van der Waals surface area contributed by atoms with Gasteiger partial charge in [-0.3, -0.25) is 4.79 Å². The van der Waals surface area contributed by atoms with Gasteiger partial charge in [-0.25, -0.2) is 4.98 Å². The van der Waals surface area contributed by atoms with Crippen molar-refractivity contribution in [2.24, 2.45) is 0 Å². The first-order chi connectivity index (χ1) is 8.22. The molecular formula is C12H16N4O. The van der Waals surface area contributed by atoms with Gasteiger partial charge in [-0.2, -0.15) is 0 Å². The number of carbonyl (C=O) groups is 1. The lowest BCUT2D eigenvalue weighted by Crippen LogP contribution is -2.37. The first-order valence-electron chi connectivity index (χ1n) is 5.60. The van der Waals surface area contributed by atoms with Gasteiger partial charge >= 0.3 is 0 Å². The highest BCUT2D eigenvalue weighted by molar-refractivity contribution is 6.05. The fourth-order valence-corrected chi connectivity index (χ4v) is 1.59. The van der Waals surface area contributed by atoms with Crippen molar-refractivity contribution >= 4 is 16.9 Å². The standard InChI is InChI=1S/C12H16N4O/c1-8(13-2)6-16-12(17)10-7-15-11-9(10)4-3-5-14-11/h3-5,7-8,13H,6H2,1-2H3,(H,14,15)(H,16,17). The van der Waals surface area contributed by atoms with Crippen LogP contribution in [0.4, 0.5) is 0 Å². The van der Waals surface area contributed by atoms with Crippen LogP contribution in [0.1, 0.15) is 17.3 Å². The van der Waals surface area contributed by atoms with Crippen LogP contribution in [0, 0.1) is 0 Å². The molecule has 0 aliphatic rings. The number of amides is 1. The largest absolute Gasteiger partial charge is 0.350 e. The summed E-state index contributed by atoms with van der Waals surface area (Å²) in [5.41, 5.74) is 1.37. The zero-order valence-electron chi connectivity index (χ0n) is 9.95. The van der Waals surface area contributed by atoms with Crippen molar-refractivity contribution in [1.29, 1.82) is 0 Å². The Morgan fingerprint density at radius 1 is 1.59 bits per heavy atom. The lowest BCUT2D eigenvalue weighted by atomic mass is 10.2. The summed E-state index contributed by atoms with van der Waals surface area (Å²) >= 11 is 0. The van der Waals surface area contributed by atoms with Crippen LogP contribution in [0.2, 0.25) is 0 Å². The van der Waals surface area contributed by atoms with Crippen molar-refractivity contribution < 1.29 is 4.79 Å². The predicted molar refractivity (Wildman–Crippen MR) is 66.9 cm³/mol. The molecule has 3 N–H and O–H groups in total. The molecule has 0 saturated carbocycles. The topological polar surface area (TPSA) is 69.8 Å². The third-order valence-electron chi connectivity index (χ3n) is 2.76. The molecular weight excluding hydrogens is 216 g/mol. The van der Waals surface area contributed by atoms with Gasteiger partial charge in [0.05, 0.1) is 5.56 Å². The Hall–Kier alpha value is -1.88.